The molecule has 0 amide bonds. The zero-order chi connectivity index (χ0) is 6.97. The molecule has 0 aromatic carbocycles. The zero-order valence-electron chi connectivity index (χ0n) is 5.96. The van der Waals surface area contributed by atoms with Gasteiger partial charge in [-0.1, -0.05) is 6.58 Å². The summed E-state index contributed by atoms with van der Waals surface area (Å²) in [6.45, 7) is 3.83. The normalized spacial score (nSPS) is 24.0. The minimum atomic E-state index is 0.792. The van der Waals surface area contributed by atoms with Crippen LogP contribution >= 0.6 is 0 Å². The van der Waals surface area contributed by atoms with Crippen LogP contribution < -0.4 is 0 Å². The Bertz CT molecular complexity index is 193. The van der Waals surface area contributed by atoms with E-state index >= 15 is 0 Å². The Morgan fingerprint density at radius 2 is 1.90 bits per heavy atom. The van der Waals surface area contributed by atoms with Gasteiger partial charge in [0.2, 0.25) is 0 Å². The molecular formula is C9H11N. The molecule has 0 aromatic heterocycles. The van der Waals surface area contributed by atoms with Crippen LogP contribution in [-0.2, 0) is 0 Å². The van der Waals surface area contributed by atoms with E-state index < -0.39 is 0 Å². The maximum Gasteiger partial charge on any atom is 0.0332 e. The van der Waals surface area contributed by atoms with Crippen molar-refractivity contribution in [1.29, 1.82) is 0 Å². The fourth-order valence-corrected chi connectivity index (χ4v) is 1.08. The molecule has 10 heavy (non-hydrogen) atoms. The van der Waals surface area contributed by atoms with Crippen molar-refractivity contribution in [2.45, 2.75) is 18.9 Å². The first-order chi connectivity index (χ1) is 4.86. The second kappa shape index (κ2) is 2.01. The average molecular weight is 133 g/mol. The van der Waals surface area contributed by atoms with Crippen LogP contribution in [0.2, 0.25) is 0 Å². The van der Waals surface area contributed by atoms with E-state index in [0.717, 1.165) is 11.6 Å². The number of hydrogen-bond donors (Lipinski definition) is 0. The standard InChI is InChI=1S/C9H11N/c1-8-4-6-10(7-5-8)9-2-3-9/h4-7,9H,1-3H2. The highest BCUT2D eigenvalue weighted by molar-refractivity contribution is 5.31. The van der Waals surface area contributed by atoms with Gasteiger partial charge in [-0.2, -0.15) is 0 Å². The smallest absolute Gasteiger partial charge is 0.0332 e. The fraction of sp³-hybridized carbons (Fsp3) is 0.333. The molecule has 1 nitrogen and oxygen atoms in total. The summed E-state index contributed by atoms with van der Waals surface area (Å²) in [7, 11) is 0. The number of nitrogens with zero attached hydrogens (tertiary/aromatic N) is 1. The van der Waals surface area contributed by atoms with Crippen LogP contribution in [-0.4, -0.2) is 10.9 Å². The van der Waals surface area contributed by atoms with E-state index in [1.165, 1.54) is 12.8 Å². The Morgan fingerprint density at radius 3 is 2.40 bits per heavy atom. The predicted octanol–water partition coefficient (Wildman–Crippen LogP) is 2.05. The predicted molar refractivity (Wildman–Crippen MR) is 42.3 cm³/mol. The molecule has 1 heteroatoms. The van der Waals surface area contributed by atoms with Gasteiger partial charge in [0.1, 0.15) is 0 Å². The van der Waals surface area contributed by atoms with Crippen LogP contribution in [0.3, 0.4) is 0 Å². The Morgan fingerprint density at radius 1 is 1.30 bits per heavy atom. The lowest BCUT2D eigenvalue weighted by Crippen LogP contribution is -2.13. The molecule has 52 valence electrons. The van der Waals surface area contributed by atoms with Crippen LogP contribution in [0.25, 0.3) is 0 Å². The van der Waals surface area contributed by atoms with Gasteiger partial charge in [-0.25, -0.2) is 0 Å². The summed E-state index contributed by atoms with van der Waals surface area (Å²) < 4.78 is 0. The van der Waals surface area contributed by atoms with E-state index in [1.54, 1.807) is 0 Å². The van der Waals surface area contributed by atoms with Gasteiger partial charge in [0.15, 0.2) is 0 Å². The highest BCUT2D eigenvalue weighted by atomic mass is 15.1. The number of hydrogen-bond acceptors (Lipinski definition) is 1. The molecule has 0 bridgehead atoms. The van der Waals surface area contributed by atoms with Crippen molar-refractivity contribution in [2.24, 2.45) is 0 Å². The third kappa shape index (κ3) is 0.991. The molecular weight excluding hydrogens is 122 g/mol. The van der Waals surface area contributed by atoms with Crippen molar-refractivity contribution < 1.29 is 0 Å². The summed E-state index contributed by atoms with van der Waals surface area (Å²) in [6, 6.07) is 0.792. The minimum absolute atomic E-state index is 0.792. The van der Waals surface area contributed by atoms with Gasteiger partial charge in [-0.15, -0.1) is 0 Å². The summed E-state index contributed by atoms with van der Waals surface area (Å²) in [5.41, 5.74) is 1.09. The molecule has 1 aliphatic heterocycles. The first-order valence-corrected chi connectivity index (χ1v) is 3.69. The van der Waals surface area contributed by atoms with E-state index in [0.29, 0.717) is 0 Å². The average Bonchev–Trinajstić information content (AvgIpc) is 2.71. The Kier molecular flexibility index (Phi) is 1.16. The molecule has 2 rings (SSSR count). The van der Waals surface area contributed by atoms with E-state index in [-0.39, 0.29) is 0 Å². The second-order valence-corrected chi connectivity index (χ2v) is 2.88. The molecule has 0 spiro atoms. The third-order valence-electron chi connectivity index (χ3n) is 1.89. The van der Waals surface area contributed by atoms with Gasteiger partial charge in [0.25, 0.3) is 0 Å². The Balaban J connectivity index is 2.06. The quantitative estimate of drug-likeness (QED) is 0.529. The maximum atomic E-state index is 3.83. The first-order valence-electron chi connectivity index (χ1n) is 3.69. The lowest BCUT2D eigenvalue weighted by atomic mass is 10.2. The van der Waals surface area contributed by atoms with Crippen molar-refractivity contribution in [3.05, 3.63) is 36.7 Å². The Hall–Kier alpha value is -0.980. The molecule has 1 aliphatic carbocycles. The monoisotopic (exact) mass is 133 g/mol. The van der Waals surface area contributed by atoms with Crippen LogP contribution in [0.1, 0.15) is 12.8 Å². The summed E-state index contributed by atoms with van der Waals surface area (Å²) in [5, 5.41) is 0. The van der Waals surface area contributed by atoms with Crippen LogP contribution in [0.4, 0.5) is 0 Å². The lowest BCUT2D eigenvalue weighted by Gasteiger charge is -2.16. The molecule has 2 aliphatic rings. The largest absolute Gasteiger partial charge is 0.351 e. The van der Waals surface area contributed by atoms with E-state index in [4.69, 9.17) is 0 Å². The molecule has 0 saturated heterocycles. The molecule has 1 heterocycles. The van der Waals surface area contributed by atoms with E-state index in [1.807, 2.05) is 0 Å². The fourth-order valence-electron chi connectivity index (χ4n) is 1.08. The second-order valence-electron chi connectivity index (χ2n) is 2.88. The zero-order valence-corrected chi connectivity index (χ0v) is 5.96. The van der Waals surface area contributed by atoms with Gasteiger partial charge >= 0.3 is 0 Å². The summed E-state index contributed by atoms with van der Waals surface area (Å²) in [6.07, 6.45) is 11.0. The van der Waals surface area contributed by atoms with Crippen LogP contribution in [0.5, 0.6) is 0 Å². The molecule has 0 aromatic rings. The summed E-state index contributed by atoms with van der Waals surface area (Å²) in [5.74, 6) is 0. The molecule has 0 unspecified atom stereocenters. The van der Waals surface area contributed by atoms with Gasteiger partial charge in [0, 0.05) is 18.4 Å². The van der Waals surface area contributed by atoms with Crippen molar-refractivity contribution in [3.8, 4) is 0 Å². The lowest BCUT2D eigenvalue weighted by molar-refractivity contribution is 0.492. The van der Waals surface area contributed by atoms with E-state index in [9.17, 15) is 0 Å². The molecule has 1 fully saturated rings. The van der Waals surface area contributed by atoms with Crippen molar-refractivity contribution >= 4 is 0 Å². The SMILES string of the molecule is C=C1C=CN(C2CC2)C=C1. The molecule has 0 radical (unpaired) electrons. The maximum absolute atomic E-state index is 3.83. The van der Waals surface area contributed by atoms with Crippen LogP contribution in [0.15, 0.2) is 36.7 Å². The van der Waals surface area contributed by atoms with Gasteiger partial charge in [0.05, 0.1) is 0 Å². The van der Waals surface area contributed by atoms with Gasteiger partial charge in [-0.05, 0) is 30.6 Å². The third-order valence-corrected chi connectivity index (χ3v) is 1.89. The number of allylic oxidation sites excluding steroid dienone is 3. The van der Waals surface area contributed by atoms with Crippen molar-refractivity contribution in [1.82, 2.24) is 4.90 Å². The van der Waals surface area contributed by atoms with Gasteiger partial charge < -0.3 is 4.90 Å². The van der Waals surface area contributed by atoms with Gasteiger partial charge in [-0.3, -0.25) is 0 Å². The molecule has 0 N–H and O–H groups in total. The summed E-state index contributed by atoms with van der Waals surface area (Å²) >= 11 is 0. The highest BCUT2D eigenvalue weighted by Gasteiger charge is 2.25. The summed E-state index contributed by atoms with van der Waals surface area (Å²) in [4.78, 5) is 2.26. The molecule has 0 atom stereocenters. The Labute approximate surface area is 61.3 Å². The topological polar surface area (TPSA) is 3.24 Å². The number of rotatable bonds is 1. The van der Waals surface area contributed by atoms with E-state index in [2.05, 4.69) is 36.0 Å². The minimum Gasteiger partial charge on any atom is -0.351 e. The van der Waals surface area contributed by atoms with Crippen molar-refractivity contribution in [3.63, 3.8) is 0 Å². The first kappa shape index (κ1) is 5.78. The highest BCUT2D eigenvalue weighted by Crippen LogP contribution is 2.28. The van der Waals surface area contributed by atoms with Crippen molar-refractivity contribution in [2.75, 3.05) is 0 Å². The van der Waals surface area contributed by atoms with Crippen LogP contribution in [0, 0.1) is 0 Å². The molecule has 1 saturated carbocycles.